The number of methoxy groups -OCH3 is 1. The maximum Gasteiger partial charge on any atom is 0.287 e. The molecule has 0 saturated heterocycles. The first-order valence-corrected chi connectivity index (χ1v) is 8.82. The van der Waals surface area contributed by atoms with Crippen molar-refractivity contribution in [2.75, 3.05) is 12.5 Å². The van der Waals surface area contributed by atoms with E-state index in [1.165, 1.54) is 13.2 Å². The van der Waals surface area contributed by atoms with Gasteiger partial charge in [-0.2, -0.15) is 10.2 Å². The fraction of sp³-hybridized carbons (Fsp3) is 0.150. The van der Waals surface area contributed by atoms with Gasteiger partial charge in [-0.3, -0.25) is 10.2 Å². The molecule has 0 amide bonds. The van der Waals surface area contributed by atoms with E-state index in [2.05, 4.69) is 15.6 Å². The van der Waals surface area contributed by atoms with Gasteiger partial charge in [-0.1, -0.05) is 48.0 Å². The molecule has 3 rings (SSSR count). The van der Waals surface area contributed by atoms with Crippen LogP contribution in [0.1, 0.15) is 11.1 Å². The number of benzene rings is 2. The zero-order valence-electron chi connectivity index (χ0n) is 15.4. The van der Waals surface area contributed by atoms with E-state index in [4.69, 9.17) is 21.1 Å². The third-order valence-electron chi connectivity index (χ3n) is 3.92. The Bertz CT molecular complexity index is 1040. The van der Waals surface area contributed by atoms with Gasteiger partial charge in [0.25, 0.3) is 5.56 Å². The molecule has 0 spiro atoms. The van der Waals surface area contributed by atoms with Crippen LogP contribution in [0, 0.1) is 0 Å². The molecule has 0 bridgehead atoms. The van der Waals surface area contributed by atoms with Crippen LogP contribution in [0.25, 0.3) is 0 Å². The third kappa shape index (κ3) is 4.50. The smallest absolute Gasteiger partial charge is 0.287 e. The predicted octanol–water partition coefficient (Wildman–Crippen LogP) is 3.47. The van der Waals surface area contributed by atoms with Gasteiger partial charge < -0.3 is 9.47 Å². The van der Waals surface area contributed by atoms with Crippen LogP contribution in [0.15, 0.2) is 64.6 Å². The van der Waals surface area contributed by atoms with Crippen molar-refractivity contribution in [2.24, 2.45) is 12.1 Å². The van der Waals surface area contributed by atoms with Gasteiger partial charge in [-0.25, -0.2) is 4.68 Å². The van der Waals surface area contributed by atoms with Crippen molar-refractivity contribution in [1.82, 2.24) is 9.78 Å². The summed E-state index contributed by atoms with van der Waals surface area (Å²) in [6.07, 6.45) is 3.00. The Balaban J connectivity index is 1.80. The summed E-state index contributed by atoms with van der Waals surface area (Å²) in [6, 6.07) is 15.3. The monoisotopic (exact) mass is 398 g/mol. The average molecular weight is 399 g/mol. The molecule has 0 aliphatic carbocycles. The SMILES string of the molecule is COc1cccc(/C=N\Nc2cnn(C)c(=O)c2Cl)c1OCc1ccccc1. The van der Waals surface area contributed by atoms with E-state index in [1.807, 2.05) is 48.5 Å². The lowest BCUT2D eigenvalue weighted by Gasteiger charge is -2.13. The highest BCUT2D eigenvalue weighted by molar-refractivity contribution is 6.32. The van der Waals surface area contributed by atoms with Crippen molar-refractivity contribution in [1.29, 1.82) is 0 Å². The van der Waals surface area contributed by atoms with Crippen LogP contribution in [0.5, 0.6) is 11.5 Å². The molecule has 0 fully saturated rings. The first-order valence-electron chi connectivity index (χ1n) is 8.44. The third-order valence-corrected chi connectivity index (χ3v) is 4.29. The molecule has 0 aliphatic rings. The lowest BCUT2D eigenvalue weighted by molar-refractivity contribution is 0.284. The number of rotatable bonds is 7. The summed E-state index contributed by atoms with van der Waals surface area (Å²) in [6.45, 7) is 0.389. The molecular formula is C20H19ClN4O3. The van der Waals surface area contributed by atoms with E-state index in [0.717, 1.165) is 10.2 Å². The van der Waals surface area contributed by atoms with Crippen LogP contribution in [0.3, 0.4) is 0 Å². The highest BCUT2D eigenvalue weighted by Crippen LogP contribution is 2.31. The van der Waals surface area contributed by atoms with Crippen molar-refractivity contribution in [3.05, 3.63) is 81.2 Å². The number of aromatic nitrogens is 2. The fourth-order valence-corrected chi connectivity index (χ4v) is 2.65. The molecule has 1 N–H and O–H groups in total. The number of nitrogens with one attached hydrogen (secondary N) is 1. The molecule has 144 valence electrons. The molecule has 0 saturated carbocycles. The molecule has 0 radical (unpaired) electrons. The van der Waals surface area contributed by atoms with E-state index in [1.54, 1.807) is 13.3 Å². The average Bonchev–Trinajstić information content (AvgIpc) is 2.73. The molecule has 0 atom stereocenters. The number of para-hydroxylation sites is 1. The standard InChI is InChI=1S/C20H19ClN4O3/c1-25-20(26)18(21)16(12-23-25)24-22-11-15-9-6-10-17(27-2)19(15)28-13-14-7-4-3-5-8-14/h3-12,24H,13H2,1-2H3/b22-11-. The Morgan fingerprint density at radius 3 is 2.75 bits per heavy atom. The molecule has 0 unspecified atom stereocenters. The van der Waals surface area contributed by atoms with Crippen LogP contribution in [0.4, 0.5) is 5.69 Å². The Hall–Kier alpha value is -3.32. The summed E-state index contributed by atoms with van der Waals surface area (Å²) >= 11 is 6.02. The molecule has 1 heterocycles. The van der Waals surface area contributed by atoms with Crippen LogP contribution < -0.4 is 20.5 Å². The summed E-state index contributed by atoms with van der Waals surface area (Å²) in [5.41, 5.74) is 4.38. The summed E-state index contributed by atoms with van der Waals surface area (Å²) < 4.78 is 12.5. The van der Waals surface area contributed by atoms with Crippen LogP contribution in [-0.2, 0) is 13.7 Å². The van der Waals surface area contributed by atoms with E-state index in [9.17, 15) is 4.79 Å². The zero-order valence-corrected chi connectivity index (χ0v) is 16.2. The maximum atomic E-state index is 11.8. The Morgan fingerprint density at radius 1 is 1.21 bits per heavy atom. The van der Waals surface area contributed by atoms with Gasteiger partial charge in [0.1, 0.15) is 17.3 Å². The molecule has 8 heteroatoms. The first-order chi connectivity index (χ1) is 13.6. The summed E-state index contributed by atoms with van der Waals surface area (Å²) in [5, 5.41) is 8.08. The van der Waals surface area contributed by atoms with E-state index in [0.29, 0.717) is 29.4 Å². The minimum Gasteiger partial charge on any atom is -0.493 e. The van der Waals surface area contributed by atoms with E-state index < -0.39 is 5.56 Å². The second-order valence-electron chi connectivity index (χ2n) is 5.82. The van der Waals surface area contributed by atoms with Gasteiger partial charge in [0.05, 0.1) is 19.5 Å². The van der Waals surface area contributed by atoms with Gasteiger partial charge >= 0.3 is 0 Å². The largest absolute Gasteiger partial charge is 0.493 e. The first kappa shape index (κ1) is 19.4. The number of hydrazone groups is 1. The molecule has 3 aromatic rings. The van der Waals surface area contributed by atoms with E-state index >= 15 is 0 Å². The number of hydrogen-bond acceptors (Lipinski definition) is 6. The van der Waals surface area contributed by atoms with Crippen molar-refractivity contribution in [3.8, 4) is 11.5 Å². The minimum absolute atomic E-state index is 0.0147. The highest BCUT2D eigenvalue weighted by atomic mass is 35.5. The van der Waals surface area contributed by atoms with Gasteiger partial charge in [0.2, 0.25) is 0 Å². The van der Waals surface area contributed by atoms with Crippen molar-refractivity contribution in [2.45, 2.75) is 6.61 Å². The minimum atomic E-state index is -0.407. The Labute approximate surface area is 167 Å². The Kier molecular flexibility index (Phi) is 6.29. The Morgan fingerprint density at radius 2 is 2.00 bits per heavy atom. The topological polar surface area (TPSA) is 77.7 Å². The number of hydrogen-bond donors (Lipinski definition) is 1. The lowest BCUT2D eigenvalue weighted by Crippen LogP contribution is -2.20. The van der Waals surface area contributed by atoms with Crippen LogP contribution in [-0.4, -0.2) is 23.1 Å². The van der Waals surface area contributed by atoms with Crippen molar-refractivity contribution in [3.63, 3.8) is 0 Å². The number of ether oxygens (including phenoxy) is 2. The number of nitrogens with zero attached hydrogens (tertiary/aromatic N) is 3. The van der Waals surface area contributed by atoms with Gasteiger partial charge in [0, 0.05) is 12.6 Å². The van der Waals surface area contributed by atoms with Crippen molar-refractivity contribution < 1.29 is 9.47 Å². The molecule has 1 aromatic heterocycles. The van der Waals surface area contributed by atoms with Gasteiger partial charge in [-0.15, -0.1) is 0 Å². The summed E-state index contributed by atoms with van der Waals surface area (Å²) in [5.74, 6) is 1.15. The second kappa shape index (κ2) is 9.05. The van der Waals surface area contributed by atoms with Crippen molar-refractivity contribution >= 4 is 23.5 Å². The normalized spacial score (nSPS) is 10.8. The van der Waals surface area contributed by atoms with Crippen LogP contribution >= 0.6 is 11.6 Å². The maximum absolute atomic E-state index is 11.8. The summed E-state index contributed by atoms with van der Waals surface area (Å²) in [7, 11) is 3.10. The zero-order chi connectivity index (χ0) is 19.9. The lowest BCUT2D eigenvalue weighted by atomic mass is 10.2. The number of aryl methyl sites for hydroxylation is 1. The van der Waals surface area contributed by atoms with E-state index in [-0.39, 0.29) is 5.02 Å². The van der Waals surface area contributed by atoms with Gasteiger partial charge in [0.15, 0.2) is 11.5 Å². The quantitative estimate of drug-likeness (QED) is 0.487. The summed E-state index contributed by atoms with van der Waals surface area (Å²) in [4.78, 5) is 11.8. The number of anilines is 1. The van der Waals surface area contributed by atoms with Crippen LogP contribution in [0.2, 0.25) is 5.02 Å². The second-order valence-corrected chi connectivity index (χ2v) is 6.20. The molecule has 2 aromatic carbocycles. The molecular weight excluding hydrogens is 380 g/mol. The van der Waals surface area contributed by atoms with Gasteiger partial charge in [-0.05, 0) is 17.7 Å². The predicted molar refractivity (Wildman–Crippen MR) is 109 cm³/mol. The fourth-order valence-electron chi connectivity index (χ4n) is 2.44. The molecule has 7 nitrogen and oxygen atoms in total. The highest BCUT2D eigenvalue weighted by Gasteiger charge is 2.10. The molecule has 28 heavy (non-hydrogen) atoms. The molecule has 0 aliphatic heterocycles. The number of halogens is 1.